The molecule has 112 valence electrons. The van der Waals surface area contributed by atoms with E-state index in [1.165, 1.54) is 0 Å². The van der Waals surface area contributed by atoms with Gasteiger partial charge in [-0.3, -0.25) is 0 Å². The summed E-state index contributed by atoms with van der Waals surface area (Å²) in [6.45, 7) is 2.73. The van der Waals surface area contributed by atoms with Crippen LogP contribution < -0.4 is 5.32 Å². The molecule has 0 amide bonds. The van der Waals surface area contributed by atoms with Crippen LogP contribution in [0, 0.1) is 0 Å². The molecule has 7 nitrogen and oxygen atoms in total. The largest absolute Gasteiger partial charge is 0.381 e. The lowest BCUT2D eigenvalue weighted by molar-refractivity contribution is -0.101. The van der Waals surface area contributed by atoms with Crippen LogP contribution in [0.15, 0.2) is 4.52 Å². The Morgan fingerprint density at radius 3 is 2.55 bits per heavy atom. The minimum absolute atomic E-state index is 0.303. The first-order valence-corrected chi connectivity index (χ1v) is 7.09. The third-order valence-corrected chi connectivity index (χ3v) is 4.35. The second-order valence-electron chi connectivity index (χ2n) is 5.52. The summed E-state index contributed by atoms with van der Waals surface area (Å²) in [5.74, 6) is 0.821. The number of hydrogen-bond acceptors (Lipinski definition) is 7. The van der Waals surface area contributed by atoms with E-state index in [0.29, 0.717) is 50.6 Å². The molecule has 0 aromatic carbocycles. The predicted molar refractivity (Wildman–Crippen MR) is 69.0 cm³/mol. The lowest BCUT2D eigenvalue weighted by Crippen LogP contribution is -2.40. The van der Waals surface area contributed by atoms with Crippen LogP contribution in [-0.4, -0.2) is 48.7 Å². The SMILES string of the molecule is COC1(c2noc(C3(O)CCNCC3)n2)CCOCC1. The van der Waals surface area contributed by atoms with Gasteiger partial charge in [0.1, 0.15) is 11.2 Å². The van der Waals surface area contributed by atoms with Crippen molar-refractivity contribution in [2.24, 2.45) is 0 Å². The standard InChI is InChI=1S/C13H21N3O4/c1-18-13(4-8-19-9-5-13)10-15-11(20-16-10)12(17)2-6-14-7-3-12/h14,17H,2-9H2,1H3. The van der Waals surface area contributed by atoms with Gasteiger partial charge in [-0.05, 0) is 25.9 Å². The molecule has 0 spiro atoms. The zero-order valence-corrected chi connectivity index (χ0v) is 11.7. The van der Waals surface area contributed by atoms with E-state index in [1.54, 1.807) is 7.11 Å². The zero-order valence-electron chi connectivity index (χ0n) is 11.7. The molecule has 1 aromatic heterocycles. The number of nitrogens with zero attached hydrogens (tertiary/aromatic N) is 2. The van der Waals surface area contributed by atoms with Gasteiger partial charge >= 0.3 is 0 Å². The number of aromatic nitrogens is 2. The first kappa shape index (κ1) is 13.9. The number of ether oxygens (including phenoxy) is 2. The van der Waals surface area contributed by atoms with E-state index >= 15 is 0 Å². The highest BCUT2D eigenvalue weighted by Gasteiger charge is 2.42. The van der Waals surface area contributed by atoms with Crippen LogP contribution in [0.3, 0.4) is 0 Å². The number of rotatable bonds is 3. The van der Waals surface area contributed by atoms with Crippen LogP contribution in [0.5, 0.6) is 0 Å². The molecule has 20 heavy (non-hydrogen) atoms. The molecule has 2 fully saturated rings. The molecular formula is C13H21N3O4. The Morgan fingerprint density at radius 1 is 1.20 bits per heavy atom. The Balaban J connectivity index is 1.85. The minimum atomic E-state index is -1.02. The number of piperidine rings is 1. The van der Waals surface area contributed by atoms with Crippen molar-refractivity contribution in [2.75, 3.05) is 33.4 Å². The van der Waals surface area contributed by atoms with Gasteiger partial charge in [-0.2, -0.15) is 4.98 Å². The number of methoxy groups -OCH3 is 1. The Bertz CT molecular complexity index is 450. The summed E-state index contributed by atoms with van der Waals surface area (Å²) in [6.07, 6.45) is 2.56. The van der Waals surface area contributed by atoms with Crippen LogP contribution in [0.4, 0.5) is 0 Å². The summed E-state index contributed by atoms with van der Waals surface area (Å²) in [7, 11) is 1.65. The van der Waals surface area contributed by atoms with Crippen molar-refractivity contribution in [3.05, 3.63) is 11.7 Å². The van der Waals surface area contributed by atoms with E-state index < -0.39 is 11.2 Å². The first-order chi connectivity index (χ1) is 9.69. The Morgan fingerprint density at radius 2 is 1.90 bits per heavy atom. The summed E-state index contributed by atoms with van der Waals surface area (Å²) >= 11 is 0. The molecule has 2 aliphatic heterocycles. The van der Waals surface area contributed by atoms with E-state index in [4.69, 9.17) is 14.0 Å². The van der Waals surface area contributed by atoms with E-state index in [-0.39, 0.29) is 0 Å². The maximum atomic E-state index is 10.6. The summed E-state index contributed by atoms with van der Waals surface area (Å²) < 4.78 is 16.3. The van der Waals surface area contributed by atoms with Gasteiger partial charge in [0.15, 0.2) is 0 Å². The van der Waals surface area contributed by atoms with Crippen LogP contribution in [0.25, 0.3) is 0 Å². The Kier molecular flexibility index (Phi) is 3.76. The van der Waals surface area contributed by atoms with E-state index in [2.05, 4.69) is 15.5 Å². The van der Waals surface area contributed by atoms with Crippen molar-refractivity contribution >= 4 is 0 Å². The minimum Gasteiger partial charge on any atom is -0.381 e. The Hall–Kier alpha value is -1.02. The summed E-state index contributed by atoms with van der Waals surface area (Å²) in [4.78, 5) is 4.44. The fourth-order valence-electron chi connectivity index (χ4n) is 2.87. The molecular weight excluding hydrogens is 262 g/mol. The molecule has 2 N–H and O–H groups in total. The second-order valence-corrected chi connectivity index (χ2v) is 5.52. The fraction of sp³-hybridized carbons (Fsp3) is 0.846. The van der Waals surface area contributed by atoms with Gasteiger partial charge in [-0.25, -0.2) is 0 Å². The topological polar surface area (TPSA) is 89.6 Å². The zero-order chi connectivity index (χ0) is 14.1. The third kappa shape index (κ3) is 2.35. The highest BCUT2D eigenvalue weighted by atomic mass is 16.5. The molecule has 0 saturated carbocycles. The van der Waals surface area contributed by atoms with Crippen LogP contribution in [0.2, 0.25) is 0 Å². The van der Waals surface area contributed by atoms with Crippen molar-refractivity contribution in [1.82, 2.24) is 15.5 Å². The molecule has 3 heterocycles. The average molecular weight is 283 g/mol. The Labute approximate surface area is 117 Å². The molecule has 0 aliphatic carbocycles. The van der Waals surface area contributed by atoms with Crippen LogP contribution in [0.1, 0.15) is 37.4 Å². The van der Waals surface area contributed by atoms with E-state index in [1.807, 2.05) is 0 Å². The van der Waals surface area contributed by atoms with Crippen molar-refractivity contribution in [1.29, 1.82) is 0 Å². The lowest BCUT2D eigenvalue weighted by atomic mass is 9.91. The quantitative estimate of drug-likeness (QED) is 0.824. The highest BCUT2D eigenvalue weighted by Crippen LogP contribution is 2.36. The van der Waals surface area contributed by atoms with E-state index in [0.717, 1.165) is 13.1 Å². The van der Waals surface area contributed by atoms with E-state index in [9.17, 15) is 5.11 Å². The highest BCUT2D eigenvalue weighted by molar-refractivity contribution is 5.07. The normalized spacial score (nSPS) is 25.5. The smallest absolute Gasteiger partial charge is 0.258 e. The molecule has 0 atom stereocenters. The van der Waals surface area contributed by atoms with Crippen LogP contribution >= 0.6 is 0 Å². The monoisotopic (exact) mass is 283 g/mol. The third-order valence-electron chi connectivity index (χ3n) is 4.35. The molecule has 7 heteroatoms. The maximum Gasteiger partial charge on any atom is 0.258 e. The van der Waals surface area contributed by atoms with Gasteiger partial charge in [0.05, 0.1) is 0 Å². The molecule has 2 aliphatic rings. The van der Waals surface area contributed by atoms with Crippen LogP contribution in [-0.2, 0) is 20.7 Å². The van der Waals surface area contributed by atoms with Gasteiger partial charge in [0, 0.05) is 33.2 Å². The lowest BCUT2D eigenvalue weighted by Gasteiger charge is -2.33. The number of nitrogens with one attached hydrogen (secondary N) is 1. The summed E-state index contributed by atoms with van der Waals surface area (Å²) in [6, 6.07) is 0. The predicted octanol–water partition coefficient (Wildman–Crippen LogP) is 0.293. The molecule has 1 aromatic rings. The van der Waals surface area contributed by atoms with Gasteiger partial charge in [-0.15, -0.1) is 0 Å². The number of aliphatic hydroxyl groups is 1. The molecule has 0 bridgehead atoms. The molecule has 0 unspecified atom stereocenters. The molecule has 3 rings (SSSR count). The number of hydrogen-bond donors (Lipinski definition) is 2. The fourth-order valence-corrected chi connectivity index (χ4v) is 2.87. The van der Waals surface area contributed by atoms with Crippen molar-refractivity contribution < 1.29 is 19.1 Å². The maximum absolute atomic E-state index is 10.6. The van der Waals surface area contributed by atoms with Gasteiger partial charge in [-0.1, -0.05) is 5.16 Å². The van der Waals surface area contributed by atoms with Crippen molar-refractivity contribution in [3.8, 4) is 0 Å². The van der Waals surface area contributed by atoms with Crippen molar-refractivity contribution in [2.45, 2.75) is 36.9 Å². The first-order valence-electron chi connectivity index (χ1n) is 7.09. The molecule has 2 saturated heterocycles. The molecule has 0 radical (unpaired) electrons. The van der Waals surface area contributed by atoms with Gasteiger partial charge in [0.25, 0.3) is 5.89 Å². The summed E-state index contributed by atoms with van der Waals surface area (Å²) in [5.41, 5.74) is -1.57. The van der Waals surface area contributed by atoms with Crippen molar-refractivity contribution in [3.63, 3.8) is 0 Å². The van der Waals surface area contributed by atoms with Gasteiger partial charge < -0.3 is 24.4 Å². The average Bonchev–Trinajstić information content (AvgIpc) is 3.00. The van der Waals surface area contributed by atoms with Gasteiger partial charge in [0.2, 0.25) is 5.82 Å². The second kappa shape index (κ2) is 5.40. The summed E-state index contributed by atoms with van der Waals surface area (Å²) in [5, 5.41) is 17.9.